The maximum Gasteiger partial charge on any atom is 0.264 e. The Morgan fingerprint density at radius 1 is 1.22 bits per heavy atom. The molecular weight excluding hydrogens is 318 g/mol. The first kappa shape index (κ1) is 16.2. The van der Waals surface area contributed by atoms with Gasteiger partial charge < -0.3 is 15.0 Å². The number of hydrogen-bond donors (Lipinski definition) is 2. The first-order valence-corrected chi connectivity index (χ1v) is 9.27. The van der Waals surface area contributed by atoms with Gasteiger partial charge in [0.15, 0.2) is 0 Å². The Morgan fingerprint density at radius 2 is 1.91 bits per heavy atom. The highest BCUT2D eigenvalue weighted by Gasteiger charge is 2.26. The molecular formula is C15H21N3O4S. The van der Waals surface area contributed by atoms with Crippen LogP contribution < -0.4 is 14.9 Å². The summed E-state index contributed by atoms with van der Waals surface area (Å²) in [6.45, 7) is 3.66. The summed E-state index contributed by atoms with van der Waals surface area (Å²) in [5.74, 6) is -0.486. The van der Waals surface area contributed by atoms with Crippen LogP contribution in [0.2, 0.25) is 0 Å². The molecule has 2 heterocycles. The molecule has 1 amide bonds. The second-order valence-electron chi connectivity index (χ2n) is 5.71. The molecule has 0 aliphatic carbocycles. The summed E-state index contributed by atoms with van der Waals surface area (Å²) in [5, 5.41) is 2.99. The molecule has 3 rings (SSSR count). The third-order valence-corrected chi connectivity index (χ3v) is 5.50. The van der Waals surface area contributed by atoms with E-state index in [1.165, 1.54) is 12.1 Å². The van der Waals surface area contributed by atoms with E-state index in [0.29, 0.717) is 19.6 Å². The number of ether oxygens (including phenoxy) is 1. The second-order valence-corrected chi connectivity index (χ2v) is 7.39. The fourth-order valence-corrected chi connectivity index (χ4v) is 3.85. The molecule has 126 valence electrons. The number of nitrogens with one attached hydrogen (secondary N) is 2. The predicted molar refractivity (Wildman–Crippen MR) is 85.8 cm³/mol. The minimum absolute atomic E-state index is 0.0980. The normalized spacial score (nSPS) is 22.1. The Morgan fingerprint density at radius 3 is 2.52 bits per heavy atom. The van der Waals surface area contributed by atoms with E-state index in [9.17, 15) is 13.2 Å². The number of benzene rings is 1. The van der Waals surface area contributed by atoms with Crippen LogP contribution in [-0.4, -0.2) is 53.2 Å². The smallest absolute Gasteiger partial charge is 0.264 e. The Labute approximate surface area is 136 Å². The highest BCUT2D eigenvalue weighted by atomic mass is 32.2. The van der Waals surface area contributed by atoms with Crippen LogP contribution in [0, 0.1) is 0 Å². The summed E-state index contributed by atoms with van der Waals surface area (Å²) in [6, 6.07) is 6.17. The van der Waals surface area contributed by atoms with Gasteiger partial charge in [-0.1, -0.05) is 0 Å². The third-order valence-electron chi connectivity index (χ3n) is 4.14. The Kier molecular flexibility index (Phi) is 4.84. The molecule has 2 saturated heterocycles. The monoisotopic (exact) mass is 339 g/mol. The van der Waals surface area contributed by atoms with Crippen molar-refractivity contribution in [3.63, 3.8) is 0 Å². The molecule has 1 aromatic rings. The van der Waals surface area contributed by atoms with Gasteiger partial charge in [-0.15, -0.1) is 0 Å². The van der Waals surface area contributed by atoms with Gasteiger partial charge >= 0.3 is 0 Å². The van der Waals surface area contributed by atoms with Crippen molar-refractivity contribution in [2.75, 3.05) is 37.7 Å². The lowest BCUT2D eigenvalue weighted by atomic mass is 10.2. The van der Waals surface area contributed by atoms with E-state index >= 15 is 0 Å². The molecule has 1 atom stereocenters. The van der Waals surface area contributed by atoms with Crippen LogP contribution in [0.25, 0.3) is 0 Å². The highest BCUT2D eigenvalue weighted by Crippen LogP contribution is 2.19. The van der Waals surface area contributed by atoms with Crippen molar-refractivity contribution in [1.29, 1.82) is 0 Å². The van der Waals surface area contributed by atoms with Gasteiger partial charge in [0.1, 0.15) is 0 Å². The summed E-state index contributed by atoms with van der Waals surface area (Å²) in [4.78, 5) is 14.2. The molecule has 2 aliphatic heterocycles. The van der Waals surface area contributed by atoms with Gasteiger partial charge in [0.2, 0.25) is 0 Å². The number of carbonyl (C=O) groups is 1. The van der Waals surface area contributed by atoms with E-state index < -0.39 is 22.0 Å². The van der Waals surface area contributed by atoms with Crippen LogP contribution in [-0.2, 0) is 19.6 Å². The number of hydrogen-bond acceptors (Lipinski definition) is 6. The summed E-state index contributed by atoms with van der Waals surface area (Å²) in [6.07, 6.45) is 1.55. The standard InChI is InChI=1S/C15H21N3O4S/c19-15(14-2-1-7-16-14)17-23(20,21)13-5-3-12(4-6-13)18-8-10-22-11-9-18/h3-6,14,16H,1-2,7-11H2,(H,17,19)/t14-/m0/s1. The third kappa shape index (κ3) is 3.82. The van der Waals surface area contributed by atoms with Crippen LogP contribution in [0.1, 0.15) is 12.8 Å². The lowest BCUT2D eigenvalue weighted by Crippen LogP contribution is -2.43. The van der Waals surface area contributed by atoms with Crippen molar-refractivity contribution in [2.24, 2.45) is 0 Å². The van der Waals surface area contributed by atoms with E-state index in [4.69, 9.17) is 4.74 Å². The van der Waals surface area contributed by atoms with Crippen LogP contribution in [0.5, 0.6) is 0 Å². The zero-order valence-corrected chi connectivity index (χ0v) is 13.6. The molecule has 8 heteroatoms. The van der Waals surface area contributed by atoms with Gasteiger partial charge in [-0.2, -0.15) is 0 Å². The first-order valence-electron chi connectivity index (χ1n) is 7.79. The summed E-state index contributed by atoms with van der Waals surface area (Å²) >= 11 is 0. The number of carbonyl (C=O) groups excluding carboxylic acids is 1. The Bertz CT molecular complexity index is 648. The first-order chi connectivity index (χ1) is 11.1. The number of sulfonamides is 1. The Hall–Kier alpha value is -1.64. The topological polar surface area (TPSA) is 87.7 Å². The molecule has 2 N–H and O–H groups in total. The lowest BCUT2D eigenvalue weighted by molar-refractivity contribution is -0.121. The molecule has 2 aliphatic rings. The van der Waals surface area contributed by atoms with Gasteiger partial charge in [0.25, 0.3) is 15.9 Å². The number of rotatable bonds is 4. The zero-order chi connectivity index (χ0) is 16.3. The van der Waals surface area contributed by atoms with Crippen molar-refractivity contribution in [3.05, 3.63) is 24.3 Å². The molecule has 1 aromatic carbocycles. The molecule has 2 fully saturated rings. The van der Waals surface area contributed by atoms with Gasteiger partial charge in [0.05, 0.1) is 24.2 Å². The molecule has 0 radical (unpaired) electrons. The summed E-state index contributed by atoms with van der Waals surface area (Å²) < 4.78 is 32.0. The molecule has 0 aromatic heterocycles. The number of anilines is 1. The minimum Gasteiger partial charge on any atom is -0.378 e. The average molecular weight is 339 g/mol. The van der Waals surface area contributed by atoms with Crippen LogP contribution in [0.15, 0.2) is 29.2 Å². The summed E-state index contributed by atoms with van der Waals surface area (Å²) in [5.41, 5.74) is 0.955. The number of nitrogens with zero attached hydrogens (tertiary/aromatic N) is 1. The van der Waals surface area contributed by atoms with Crippen molar-refractivity contribution >= 4 is 21.6 Å². The quantitative estimate of drug-likeness (QED) is 0.808. The van der Waals surface area contributed by atoms with Gasteiger partial charge in [-0.05, 0) is 43.7 Å². The van der Waals surface area contributed by atoms with Crippen molar-refractivity contribution in [1.82, 2.24) is 10.0 Å². The fourth-order valence-electron chi connectivity index (χ4n) is 2.83. The van der Waals surface area contributed by atoms with Gasteiger partial charge in [-0.3, -0.25) is 4.79 Å². The van der Waals surface area contributed by atoms with Crippen LogP contribution in [0.3, 0.4) is 0 Å². The highest BCUT2D eigenvalue weighted by molar-refractivity contribution is 7.90. The maximum atomic E-state index is 12.3. The van der Waals surface area contributed by atoms with Crippen molar-refractivity contribution in [2.45, 2.75) is 23.8 Å². The SMILES string of the molecule is O=C(NS(=O)(=O)c1ccc(N2CCOCC2)cc1)[C@@H]1CCCN1. The average Bonchev–Trinajstić information content (AvgIpc) is 3.10. The van der Waals surface area contributed by atoms with Gasteiger partial charge in [0, 0.05) is 18.8 Å². The van der Waals surface area contributed by atoms with Crippen molar-refractivity contribution < 1.29 is 17.9 Å². The van der Waals surface area contributed by atoms with E-state index in [1.807, 2.05) is 0 Å². The van der Waals surface area contributed by atoms with Crippen molar-refractivity contribution in [3.8, 4) is 0 Å². The van der Waals surface area contributed by atoms with E-state index in [1.54, 1.807) is 12.1 Å². The lowest BCUT2D eigenvalue weighted by Gasteiger charge is -2.28. The van der Waals surface area contributed by atoms with E-state index in [2.05, 4.69) is 14.9 Å². The number of morpholine rings is 1. The second kappa shape index (κ2) is 6.86. The van der Waals surface area contributed by atoms with Crippen LogP contribution in [0.4, 0.5) is 5.69 Å². The minimum atomic E-state index is -3.83. The molecule has 0 spiro atoms. The van der Waals surface area contributed by atoms with Crippen LogP contribution >= 0.6 is 0 Å². The number of amides is 1. The molecule has 0 saturated carbocycles. The largest absolute Gasteiger partial charge is 0.378 e. The van der Waals surface area contributed by atoms with E-state index in [0.717, 1.165) is 31.7 Å². The fraction of sp³-hybridized carbons (Fsp3) is 0.533. The van der Waals surface area contributed by atoms with Gasteiger partial charge in [-0.25, -0.2) is 13.1 Å². The molecule has 23 heavy (non-hydrogen) atoms. The maximum absolute atomic E-state index is 12.3. The Balaban J connectivity index is 1.68. The molecule has 0 unspecified atom stereocenters. The summed E-state index contributed by atoms with van der Waals surface area (Å²) in [7, 11) is -3.83. The molecule has 0 bridgehead atoms. The predicted octanol–water partition coefficient (Wildman–Crippen LogP) is 0.0801. The van der Waals surface area contributed by atoms with E-state index in [-0.39, 0.29) is 4.90 Å². The molecule has 7 nitrogen and oxygen atoms in total. The zero-order valence-electron chi connectivity index (χ0n) is 12.8.